The van der Waals surface area contributed by atoms with Gasteiger partial charge in [-0.15, -0.1) is 0 Å². The predicted molar refractivity (Wildman–Crippen MR) is 56.3 cm³/mol. The van der Waals surface area contributed by atoms with E-state index in [-0.39, 0.29) is 6.10 Å². The van der Waals surface area contributed by atoms with E-state index in [0.717, 1.165) is 16.5 Å². The first-order valence-corrected chi connectivity index (χ1v) is 4.81. The molecule has 0 aliphatic rings. The molecule has 0 saturated carbocycles. The van der Waals surface area contributed by atoms with Gasteiger partial charge in [-0.1, -0.05) is 12.1 Å². The van der Waals surface area contributed by atoms with Crippen LogP contribution in [0.3, 0.4) is 0 Å². The summed E-state index contributed by atoms with van der Waals surface area (Å²) in [6, 6.07) is 6.12. The summed E-state index contributed by atoms with van der Waals surface area (Å²) >= 11 is 0. The molecule has 1 unspecified atom stereocenters. The van der Waals surface area contributed by atoms with Crippen LogP contribution in [0.2, 0.25) is 0 Å². The van der Waals surface area contributed by atoms with Crippen molar-refractivity contribution < 1.29 is 9.52 Å². The monoisotopic (exact) mass is 190 g/mol. The molecule has 2 heteroatoms. The van der Waals surface area contributed by atoms with Gasteiger partial charge in [-0.3, -0.25) is 0 Å². The van der Waals surface area contributed by atoms with Gasteiger partial charge in [0.2, 0.25) is 0 Å². The van der Waals surface area contributed by atoms with E-state index in [1.165, 1.54) is 5.56 Å². The number of fused-ring (bicyclic) bond motifs is 1. The highest BCUT2D eigenvalue weighted by atomic mass is 16.3. The quantitative estimate of drug-likeness (QED) is 0.789. The summed E-state index contributed by atoms with van der Waals surface area (Å²) in [4.78, 5) is 0. The topological polar surface area (TPSA) is 33.4 Å². The predicted octanol–water partition coefficient (Wildman–Crippen LogP) is 2.66. The molecule has 1 atom stereocenters. The number of hydrogen-bond acceptors (Lipinski definition) is 2. The number of hydrogen-bond donors (Lipinski definition) is 1. The third-order valence-corrected chi connectivity index (χ3v) is 2.33. The molecule has 14 heavy (non-hydrogen) atoms. The summed E-state index contributed by atoms with van der Waals surface area (Å²) in [7, 11) is 0. The highest BCUT2D eigenvalue weighted by Crippen LogP contribution is 2.23. The Hall–Kier alpha value is -1.28. The van der Waals surface area contributed by atoms with Crippen LogP contribution in [0.1, 0.15) is 18.1 Å². The lowest BCUT2D eigenvalue weighted by atomic mass is 10.1. The number of rotatable bonds is 2. The van der Waals surface area contributed by atoms with Crippen LogP contribution in [0.15, 0.2) is 28.9 Å². The number of aryl methyl sites for hydroxylation is 1. The highest BCUT2D eigenvalue weighted by Gasteiger charge is 2.07. The Morgan fingerprint density at radius 2 is 2.21 bits per heavy atom. The van der Waals surface area contributed by atoms with Crippen LogP contribution in [0.5, 0.6) is 0 Å². The van der Waals surface area contributed by atoms with Crippen molar-refractivity contribution in [2.75, 3.05) is 0 Å². The van der Waals surface area contributed by atoms with Crippen LogP contribution >= 0.6 is 0 Å². The van der Waals surface area contributed by atoms with Crippen molar-refractivity contribution in [3.63, 3.8) is 0 Å². The maximum atomic E-state index is 9.30. The first-order chi connectivity index (χ1) is 6.66. The van der Waals surface area contributed by atoms with Gasteiger partial charge in [-0.2, -0.15) is 0 Å². The van der Waals surface area contributed by atoms with E-state index >= 15 is 0 Å². The Kier molecular flexibility index (Phi) is 2.30. The first-order valence-electron chi connectivity index (χ1n) is 4.81. The summed E-state index contributed by atoms with van der Waals surface area (Å²) in [5.41, 5.74) is 3.17. The normalized spacial score (nSPS) is 13.4. The zero-order valence-electron chi connectivity index (χ0n) is 8.45. The van der Waals surface area contributed by atoms with Gasteiger partial charge in [0.1, 0.15) is 5.58 Å². The van der Waals surface area contributed by atoms with E-state index in [1.807, 2.05) is 19.1 Å². The van der Waals surface area contributed by atoms with E-state index < -0.39 is 0 Å². The lowest BCUT2D eigenvalue weighted by molar-refractivity contribution is 0.195. The molecule has 0 saturated heterocycles. The van der Waals surface area contributed by atoms with Crippen molar-refractivity contribution in [3.8, 4) is 0 Å². The van der Waals surface area contributed by atoms with Crippen molar-refractivity contribution >= 4 is 11.0 Å². The highest BCUT2D eigenvalue weighted by molar-refractivity contribution is 5.81. The minimum absolute atomic E-state index is 0.322. The van der Waals surface area contributed by atoms with Crippen LogP contribution in [-0.4, -0.2) is 11.2 Å². The lowest BCUT2D eigenvalue weighted by Gasteiger charge is -2.00. The van der Waals surface area contributed by atoms with Crippen molar-refractivity contribution in [1.82, 2.24) is 0 Å². The van der Waals surface area contributed by atoms with Crippen molar-refractivity contribution in [1.29, 1.82) is 0 Å². The van der Waals surface area contributed by atoms with Gasteiger partial charge in [-0.25, -0.2) is 0 Å². The van der Waals surface area contributed by atoms with Crippen LogP contribution < -0.4 is 0 Å². The molecule has 1 heterocycles. The smallest absolute Gasteiger partial charge is 0.134 e. The molecule has 0 aliphatic heterocycles. The van der Waals surface area contributed by atoms with Crippen molar-refractivity contribution in [2.45, 2.75) is 26.4 Å². The Morgan fingerprint density at radius 1 is 1.43 bits per heavy atom. The van der Waals surface area contributed by atoms with Gasteiger partial charge in [0.05, 0.1) is 12.4 Å². The summed E-state index contributed by atoms with van der Waals surface area (Å²) in [5.74, 6) is 0. The molecule has 0 spiro atoms. The average molecular weight is 190 g/mol. The third-order valence-electron chi connectivity index (χ3n) is 2.33. The van der Waals surface area contributed by atoms with Crippen molar-refractivity contribution in [2.24, 2.45) is 0 Å². The minimum atomic E-state index is -0.322. The first kappa shape index (κ1) is 9.28. The number of furan rings is 1. The van der Waals surface area contributed by atoms with Crippen molar-refractivity contribution in [3.05, 3.63) is 35.6 Å². The Labute approximate surface area is 83.2 Å². The minimum Gasteiger partial charge on any atom is -0.464 e. The molecule has 0 aliphatic carbocycles. The zero-order valence-corrected chi connectivity index (χ0v) is 8.45. The molecule has 0 radical (unpaired) electrons. The standard InChI is InChI=1S/C12H14O2/c1-8-3-4-11-10(6-9(2)13)7-14-12(11)5-8/h3-5,7,9,13H,6H2,1-2H3. The number of aliphatic hydroxyl groups is 1. The zero-order chi connectivity index (χ0) is 10.1. The van der Waals surface area contributed by atoms with Crippen LogP contribution in [0.25, 0.3) is 11.0 Å². The summed E-state index contributed by atoms with van der Waals surface area (Å²) in [6.07, 6.45) is 2.06. The van der Waals surface area contributed by atoms with Gasteiger partial charge >= 0.3 is 0 Å². The van der Waals surface area contributed by atoms with E-state index in [1.54, 1.807) is 13.2 Å². The SMILES string of the molecule is Cc1ccc2c(CC(C)O)coc2c1. The van der Waals surface area contributed by atoms with E-state index in [4.69, 9.17) is 4.42 Å². The van der Waals surface area contributed by atoms with Gasteiger partial charge in [0.25, 0.3) is 0 Å². The fraction of sp³-hybridized carbons (Fsp3) is 0.333. The fourth-order valence-electron chi connectivity index (χ4n) is 1.67. The maximum Gasteiger partial charge on any atom is 0.134 e. The molecule has 1 aromatic carbocycles. The van der Waals surface area contributed by atoms with Gasteiger partial charge < -0.3 is 9.52 Å². The van der Waals surface area contributed by atoms with E-state index in [0.29, 0.717) is 6.42 Å². The third kappa shape index (κ3) is 1.66. The van der Waals surface area contributed by atoms with Gasteiger partial charge in [0.15, 0.2) is 0 Å². The second kappa shape index (κ2) is 3.46. The van der Waals surface area contributed by atoms with E-state index in [9.17, 15) is 5.11 Å². The van der Waals surface area contributed by atoms with Crippen LogP contribution in [-0.2, 0) is 6.42 Å². The molecule has 0 fully saturated rings. The molecule has 1 N–H and O–H groups in total. The summed E-state index contributed by atoms with van der Waals surface area (Å²) in [6.45, 7) is 3.82. The Balaban J connectivity index is 2.47. The molecule has 2 nitrogen and oxygen atoms in total. The Bertz CT molecular complexity index is 441. The molecular formula is C12H14O2. The average Bonchev–Trinajstić information content (AvgIpc) is 2.47. The molecule has 1 aromatic heterocycles. The van der Waals surface area contributed by atoms with E-state index in [2.05, 4.69) is 6.07 Å². The lowest BCUT2D eigenvalue weighted by Crippen LogP contribution is -2.03. The summed E-state index contributed by atoms with van der Waals surface area (Å²) in [5, 5.41) is 10.4. The largest absolute Gasteiger partial charge is 0.464 e. The van der Waals surface area contributed by atoms with Gasteiger partial charge in [0, 0.05) is 17.4 Å². The number of benzene rings is 1. The van der Waals surface area contributed by atoms with Crippen LogP contribution in [0.4, 0.5) is 0 Å². The second-order valence-electron chi connectivity index (χ2n) is 3.81. The molecule has 0 bridgehead atoms. The summed E-state index contributed by atoms with van der Waals surface area (Å²) < 4.78 is 5.42. The molecule has 2 aromatic rings. The van der Waals surface area contributed by atoms with Gasteiger partial charge in [-0.05, 0) is 25.5 Å². The Morgan fingerprint density at radius 3 is 2.93 bits per heavy atom. The fourth-order valence-corrected chi connectivity index (χ4v) is 1.67. The molecular weight excluding hydrogens is 176 g/mol. The molecule has 0 amide bonds. The number of aliphatic hydroxyl groups excluding tert-OH is 1. The maximum absolute atomic E-state index is 9.30. The van der Waals surface area contributed by atoms with Crippen LogP contribution in [0, 0.1) is 6.92 Å². The molecule has 2 rings (SSSR count). The molecule has 74 valence electrons. The second-order valence-corrected chi connectivity index (χ2v) is 3.81.